The number of rotatable bonds is 4. The summed E-state index contributed by atoms with van der Waals surface area (Å²) in [5.74, 6) is 0.282. The van der Waals surface area contributed by atoms with Crippen molar-refractivity contribution in [2.75, 3.05) is 39.4 Å². The molecular formula is C16H24N2O2S. The summed E-state index contributed by atoms with van der Waals surface area (Å²) in [5.41, 5.74) is 1.49. The van der Waals surface area contributed by atoms with E-state index in [9.17, 15) is 4.79 Å². The van der Waals surface area contributed by atoms with Gasteiger partial charge in [0.25, 0.3) is 0 Å². The van der Waals surface area contributed by atoms with E-state index in [2.05, 4.69) is 23.3 Å². The first-order chi connectivity index (χ1) is 10.3. The molecule has 5 heteroatoms. The molecule has 1 unspecified atom stereocenters. The summed E-state index contributed by atoms with van der Waals surface area (Å²) in [6, 6.07) is 2.77. The third-order valence-electron chi connectivity index (χ3n) is 4.57. The highest BCUT2D eigenvalue weighted by Crippen LogP contribution is 2.35. The van der Waals surface area contributed by atoms with Crippen LogP contribution < -0.4 is 0 Å². The van der Waals surface area contributed by atoms with Crippen LogP contribution in [-0.2, 0) is 16.0 Å². The van der Waals surface area contributed by atoms with Crippen LogP contribution in [0.2, 0.25) is 0 Å². The second-order valence-corrected chi connectivity index (χ2v) is 6.75. The maximum Gasteiger partial charge on any atom is 0.224 e. The zero-order valence-corrected chi connectivity index (χ0v) is 13.5. The number of carbonyl (C=O) groups excluding carboxylic acids is 1. The van der Waals surface area contributed by atoms with Gasteiger partial charge in [0.05, 0.1) is 13.2 Å². The summed E-state index contributed by atoms with van der Waals surface area (Å²) in [4.78, 5) is 18.3. The molecule has 0 saturated carbocycles. The molecule has 116 valence electrons. The number of hydrogen-bond acceptors (Lipinski definition) is 4. The van der Waals surface area contributed by atoms with Crippen LogP contribution in [0.1, 0.15) is 36.2 Å². The van der Waals surface area contributed by atoms with E-state index in [1.807, 2.05) is 16.2 Å². The minimum absolute atomic E-state index is 0.282. The van der Waals surface area contributed by atoms with Gasteiger partial charge in [-0.1, -0.05) is 6.92 Å². The highest BCUT2D eigenvalue weighted by atomic mass is 32.1. The summed E-state index contributed by atoms with van der Waals surface area (Å²) in [6.07, 6.45) is 2.89. The van der Waals surface area contributed by atoms with Crippen LogP contribution in [0.15, 0.2) is 11.4 Å². The number of morpholine rings is 1. The van der Waals surface area contributed by atoms with Crippen molar-refractivity contribution in [1.82, 2.24) is 9.80 Å². The van der Waals surface area contributed by atoms with Gasteiger partial charge < -0.3 is 9.64 Å². The van der Waals surface area contributed by atoms with Crippen molar-refractivity contribution in [1.29, 1.82) is 0 Å². The Bertz CT molecular complexity index is 482. The van der Waals surface area contributed by atoms with Gasteiger partial charge >= 0.3 is 0 Å². The summed E-state index contributed by atoms with van der Waals surface area (Å²) >= 11 is 1.88. The van der Waals surface area contributed by atoms with Gasteiger partial charge in [-0.25, -0.2) is 0 Å². The van der Waals surface area contributed by atoms with Crippen LogP contribution in [0.3, 0.4) is 0 Å². The Kier molecular flexibility index (Phi) is 4.93. The number of nitrogens with zero attached hydrogens (tertiary/aromatic N) is 2. The smallest absolute Gasteiger partial charge is 0.224 e. The van der Waals surface area contributed by atoms with Crippen LogP contribution in [0.4, 0.5) is 0 Å². The van der Waals surface area contributed by atoms with Crippen molar-refractivity contribution in [2.24, 2.45) is 0 Å². The topological polar surface area (TPSA) is 32.8 Å². The molecule has 4 nitrogen and oxygen atoms in total. The van der Waals surface area contributed by atoms with Gasteiger partial charge in [-0.15, -0.1) is 11.3 Å². The van der Waals surface area contributed by atoms with Crippen molar-refractivity contribution < 1.29 is 9.53 Å². The van der Waals surface area contributed by atoms with Crippen molar-refractivity contribution in [3.8, 4) is 0 Å². The van der Waals surface area contributed by atoms with Crippen molar-refractivity contribution in [2.45, 2.75) is 32.2 Å². The van der Waals surface area contributed by atoms with Crippen LogP contribution >= 0.6 is 11.3 Å². The zero-order chi connectivity index (χ0) is 14.7. The van der Waals surface area contributed by atoms with Crippen molar-refractivity contribution >= 4 is 17.2 Å². The number of thiophene rings is 1. The standard InChI is InChI=1S/C16H24N2O2S/c1-2-14-13-5-12-21-15(13)3-6-17(14)7-4-16(19)18-8-10-20-11-9-18/h5,12,14H,2-4,6-11H2,1H3. The van der Waals surface area contributed by atoms with Gasteiger partial charge in [0.2, 0.25) is 5.91 Å². The normalized spacial score (nSPS) is 23.1. The van der Waals surface area contributed by atoms with E-state index in [0.717, 1.165) is 39.0 Å². The predicted molar refractivity (Wildman–Crippen MR) is 84.6 cm³/mol. The Morgan fingerprint density at radius 2 is 2.19 bits per heavy atom. The van der Waals surface area contributed by atoms with E-state index in [-0.39, 0.29) is 5.91 Å². The minimum atomic E-state index is 0.282. The molecule has 2 aliphatic rings. The molecule has 1 aromatic heterocycles. The molecule has 0 bridgehead atoms. The number of carbonyl (C=O) groups is 1. The fourth-order valence-electron chi connectivity index (χ4n) is 3.40. The first-order valence-corrected chi connectivity index (χ1v) is 8.83. The molecule has 21 heavy (non-hydrogen) atoms. The summed E-state index contributed by atoms with van der Waals surface area (Å²) in [5, 5.41) is 2.20. The molecule has 1 amide bonds. The number of hydrogen-bond donors (Lipinski definition) is 0. The SMILES string of the molecule is CCC1c2ccsc2CCN1CCC(=O)N1CCOCC1. The van der Waals surface area contributed by atoms with Crippen LogP contribution in [0.5, 0.6) is 0 Å². The molecule has 2 aliphatic heterocycles. The molecule has 1 aromatic rings. The lowest BCUT2D eigenvalue weighted by Gasteiger charge is -2.36. The fourth-order valence-corrected chi connectivity index (χ4v) is 4.33. The Morgan fingerprint density at radius 3 is 2.95 bits per heavy atom. The predicted octanol–water partition coefficient (Wildman–Crippen LogP) is 2.31. The molecule has 1 fully saturated rings. The van der Waals surface area contributed by atoms with Gasteiger partial charge in [-0.3, -0.25) is 9.69 Å². The Balaban J connectivity index is 1.56. The molecule has 0 aliphatic carbocycles. The van der Waals surface area contributed by atoms with E-state index < -0.39 is 0 Å². The molecule has 1 saturated heterocycles. The Hall–Kier alpha value is -0.910. The van der Waals surface area contributed by atoms with Crippen molar-refractivity contribution in [3.63, 3.8) is 0 Å². The van der Waals surface area contributed by atoms with Gasteiger partial charge in [0.15, 0.2) is 0 Å². The first kappa shape index (κ1) is 15.0. The number of amides is 1. The molecule has 0 N–H and O–H groups in total. The second kappa shape index (κ2) is 6.90. The summed E-state index contributed by atoms with van der Waals surface area (Å²) in [6.45, 7) is 7.09. The minimum Gasteiger partial charge on any atom is -0.378 e. The summed E-state index contributed by atoms with van der Waals surface area (Å²) < 4.78 is 5.31. The van der Waals surface area contributed by atoms with Gasteiger partial charge in [-0.05, 0) is 29.9 Å². The number of ether oxygens (including phenoxy) is 1. The largest absolute Gasteiger partial charge is 0.378 e. The lowest BCUT2D eigenvalue weighted by Crippen LogP contribution is -2.43. The van der Waals surface area contributed by atoms with Gasteiger partial charge in [0.1, 0.15) is 0 Å². The molecule has 3 heterocycles. The van der Waals surface area contributed by atoms with E-state index in [4.69, 9.17) is 4.74 Å². The molecule has 0 spiro atoms. The van der Waals surface area contributed by atoms with E-state index in [1.54, 1.807) is 0 Å². The number of fused-ring (bicyclic) bond motifs is 1. The zero-order valence-electron chi connectivity index (χ0n) is 12.7. The van der Waals surface area contributed by atoms with Crippen molar-refractivity contribution in [3.05, 3.63) is 21.9 Å². The fraction of sp³-hybridized carbons (Fsp3) is 0.688. The monoisotopic (exact) mass is 308 g/mol. The maximum absolute atomic E-state index is 12.3. The molecule has 0 aromatic carbocycles. The van der Waals surface area contributed by atoms with Gasteiger partial charge in [-0.2, -0.15) is 0 Å². The van der Waals surface area contributed by atoms with E-state index >= 15 is 0 Å². The van der Waals surface area contributed by atoms with Crippen LogP contribution in [0.25, 0.3) is 0 Å². The maximum atomic E-state index is 12.3. The third kappa shape index (κ3) is 3.30. The average molecular weight is 308 g/mol. The van der Waals surface area contributed by atoms with Crippen LogP contribution in [0, 0.1) is 0 Å². The lowest BCUT2D eigenvalue weighted by atomic mass is 9.97. The van der Waals surface area contributed by atoms with E-state index in [0.29, 0.717) is 25.7 Å². The van der Waals surface area contributed by atoms with Gasteiger partial charge in [0, 0.05) is 43.5 Å². The van der Waals surface area contributed by atoms with Crippen LogP contribution in [-0.4, -0.2) is 55.1 Å². The first-order valence-electron chi connectivity index (χ1n) is 7.95. The Morgan fingerprint density at radius 1 is 1.38 bits per heavy atom. The second-order valence-electron chi connectivity index (χ2n) is 5.75. The third-order valence-corrected chi connectivity index (χ3v) is 5.57. The molecule has 1 atom stereocenters. The summed E-state index contributed by atoms with van der Waals surface area (Å²) in [7, 11) is 0. The van der Waals surface area contributed by atoms with E-state index in [1.165, 1.54) is 10.4 Å². The quantitative estimate of drug-likeness (QED) is 0.856. The molecule has 3 rings (SSSR count). The highest BCUT2D eigenvalue weighted by Gasteiger charge is 2.27. The Labute approximate surface area is 130 Å². The average Bonchev–Trinajstić information content (AvgIpc) is 3.01. The highest BCUT2D eigenvalue weighted by molar-refractivity contribution is 7.10. The lowest BCUT2D eigenvalue weighted by molar-refractivity contribution is -0.135. The molecule has 0 radical (unpaired) electrons. The molecular weight excluding hydrogens is 284 g/mol.